The molecule has 3 nitrogen and oxygen atoms in total. The van der Waals surface area contributed by atoms with Crippen molar-refractivity contribution in [2.75, 3.05) is 11.4 Å². The maximum atomic E-state index is 10.8. The van der Waals surface area contributed by atoms with Crippen LogP contribution in [0.4, 0.5) is 5.69 Å². The lowest BCUT2D eigenvalue weighted by Crippen LogP contribution is -2.35. The molecule has 0 bridgehead atoms. The molecular formula is C17H20ClNO2. The van der Waals surface area contributed by atoms with Crippen LogP contribution in [0.5, 0.6) is 0 Å². The maximum Gasteiger partial charge on any atom is 0.328 e. The highest BCUT2D eigenvalue weighted by Crippen LogP contribution is 2.40. The summed E-state index contributed by atoms with van der Waals surface area (Å²) < 4.78 is 0. The summed E-state index contributed by atoms with van der Waals surface area (Å²) in [6.07, 6.45) is 9.30. The number of hydrogen-bond donors (Lipinski definition) is 1. The lowest BCUT2D eigenvalue weighted by molar-refractivity contribution is -0.131. The molecule has 3 rings (SSSR count). The van der Waals surface area contributed by atoms with Crippen molar-refractivity contribution in [1.82, 2.24) is 0 Å². The van der Waals surface area contributed by atoms with Gasteiger partial charge >= 0.3 is 5.97 Å². The largest absolute Gasteiger partial charge is 0.478 e. The molecule has 2 fully saturated rings. The fourth-order valence-corrected chi connectivity index (χ4v) is 3.97. The van der Waals surface area contributed by atoms with Gasteiger partial charge in [0.2, 0.25) is 0 Å². The summed E-state index contributed by atoms with van der Waals surface area (Å²) >= 11 is 6.08. The predicted molar refractivity (Wildman–Crippen MR) is 85.8 cm³/mol. The van der Waals surface area contributed by atoms with E-state index < -0.39 is 5.97 Å². The van der Waals surface area contributed by atoms with Gasteiger partial charge in [-0.3, -0.25) is 0 Å². The Kier molecular flexibility index (Phi) is 4.20. The van der Waals surface area contributed by atoms with Gasteiger partial charge in [0.25, 0.3) is 0 Å². The maximum absolute atomic E-state index is 10.8. The zero-order valence-corrected chi connectivity index (χ0v) is 12.7. The molecule has 1 aliphatic carbocycles. The van der Waals surface area contributed by atoms with Gasteiger partial charge in [-0.05, 0) is 55.0 Å². The van der Waals surface area contributed by atoms with Gasteiger partial charge in [0, 0.05) is 29.4 Å². The molecule has 4 heteroatoms. The van der Waals surface area contributed by atoms with Gasteiger partial charge in [0.15, 0.2) is 0 Å². The Bertz CT molecular complexity index is 570. The molecule has 2 atom stereocenters. The molecule has 1 saturated carbocycles. The number of fused-ring (bicyclic) bond motifs is 1. The van der Waals surface area contributed by atoms with E-state index in [-0.39, 0.29) is 0 Å². The molecular weight excluding hydrogens is 286 g/mol. The summed E-state index contributed by atoms with van der Waals surface area (Å²) in [7, 11) is 0. The lowest BCUT2D eigenvalue weighted by Gasteiger charge is -2.34. The van der Waals surface area contributed by atoms with E-state index in [1.807, 2.05) is 18.2 Å². The minimum absolute atomic E-state index is 0.608. The van der Waals surface area contributed by atoms with Crippen molar-refractivity contribution >= 4 is 29.3 Å². The zero-order valence-electron chi connectivity index (χ0n) is 12.0. The standard InChI is InChI=1S/C17H20ClNO2/c18-14-6-7-16(13(11-14)5-8-17(20)21)19-10-9-12-3-1-2-4-15(12)19/h5-8,11-12,15H,1-4,9-10H2,(H,20,21)/b8-5+. The van der Waals surface area contributed by atoms with E-state index in [2.05, 4.69) is 4.90 Å². The summed E-state index contributed by atoms with van der Waals surface area (Å²) in [5.41, 5.74) is 2.02. The molecule has 2 unspecified atom stereocenters. The number of carboxylic acid groups (broad SMARTS) is 1. The molecule has 1 aromatic rings. The molecule has 21 heavy (non-hydrogen) atoms. The minimum atomic E-state index is -0.933. The third-order valence-electron chi connectivity index (χ3n) is 4.71. The third kappa shape index (κ3) is 3.08. The predicted octanol–water partition coefficient (Wildman–Crippen LogP) is 4.21. The summed E-state index contributed by atoms with van der Waals surface area (Å²) in [6, 6.07) is 6.38. The first-order valence-corrected chi connectivity index (χ1v) is 8.00. The number of aliphatic carboxylic acids is 1. The van der Waals surface area contributed by atoms with Crippen molar-refractivity contribution < 1.29 is 9.90 Å². The fraction of sp³-hybridized carbons (Fsp3) is 0.471. The first-order valence-electron chi connectivity index (χ1n) is 7.62. The van der Waals surface area contributed by atoms with Crippen LogP contribution in [0.2, 0.25) is 5.02 Å². The number of nitrogens with zero attached hydrogens (tertiary/aromatic N) is 1. The molecule has 2 aliphatic rings. The van der Waals surface area contributed by atoms with Gasteiger partial charge in [0.05, 0.1) is 0 Å². The summed E-state index contributed by atoms with van der Waals surface area (Å²) in [5.74, 6) is -0.136. The Balaban J connectivity index is 1.92. The van der Waals surface area contributed by atoms with Crippen LogP contribution in [0, 0.1) is 5.92 Å². The average molecular weight is 306 g/mol. The van der Waals surface area contributed by atoms with Crippen LogP contribution in [0.25, 0.3) is 6.08 Å². The van der Waals surface area contributed by atoms with Crippen LogP contribution in [0.1, 0.15) is 37.7 Å². The van der Waals surface area contributed by atoms with Gasteiger partial charge in [0.1, 0.15) is 0 Å². The van der Waals surface area contributed by atoms with Crippen molar-refractivity contribution in [3.63, 3.8) is 0 Å². The third-order valence-corrected chi connectivity index (χ3v) is 4.95. The topological polar surface area (TPSA) is 40.5 Å². The van der Waals surface area contributed by atoms with E-state index >= 15 is 0 Å². The normalized spacial score (nSPS) is 25.3. The number of carboxylic acids is 1. The molecule has 1 N–H and O–H groups in total. The Morgan fingerprint density at radius 2 is 2.10 bits per heavy atom. The summed E-state index contributed by atoms with van der Waals surface area (Å²) in [6.45, 7) is 1.06. The van der Waals surface area contributed by atoms with Gasteiger partial charge in [-0.25, -0.2) is 4.79 Å². The first kappa shape index (κ1) is 14.5. The smallest absolute Gasteiger partial charge is 0.328 e. The second-order valence-corrected chi connectivity index (χ2v) is 6.41. The number of carbonyl (C=O) groups is 1. The van der Waals surface area contributed by atoms with Crippen molar-refractivity contribution in [2.24, 2.45) is 5.92 Å². The quantitative estimate of drug-likeness (QED) is 0.851. The number of rotatable bonds is 3. The van der Waals surface area contributed by atoms with Gasteiger partial charge < -0.3 is 10.0 Å². The molecule has 0 radical (unpaired) electrons. The number of benzene rings is 1. The molecule has 0 aromatic heterocycles. The molecule has 1 saturated heterocycles. The van der Waals surface area contributed by atoms with Gasteiger partial charge in [-0.15, -0.1) is 0 Å². The molecule has 1 heterocycles. The minimum Gasteiger partial charge on any atom is -0.478 e. The highest BCUT2D eigenvalue weighted by molar-refractivity contribution is 6.30. The van der Waals surface area contributed by atoms with E-state index in [0.29, 0.717) is 11.1 Å². The molecule has 0 amide bonds. The Labute approximate surface area is 130 Å². The lowest BCUT2D eigenvalue weighted by atomic mass is 9.85. The van der Waals surface area contributed by atoms with Crippen molar-refractivity contribution in [1.29, 1.82) is 0 Å². The van der Waals surface area contributed by atoms with Crippen LogP contribution in [-0.2, 0) is 4.79 Å². The molecule has 112 valence electrons. The SMILES string of the molecule is O=C(O)/C=C/c1cc(Cl)ccc1N1CCC2CCCCC21. The van der Waals surface area contributed by atoms with E-state index in [9.17, 15) is 4.79 Å². The van der Waals surface area contributed by atoms with Crippen LogP contribution >= 0.6 is 11.6 Å². The average Bonchev–Trinajstić information content (AvgIpc) is 2.89. The van der Waals surface area contributed by atoms with Crippen molar-refractivity contribution in [3.05, 3.63) is 34.9 Å². The van der Waals surface area contributed by atoms with E-state index in [4.69, 9.17) is 16.7 Å². The zero-order chi connectivity index (χ0) is 14.8. The van der Waals surface area contributed by atoms with E-state index in [1.54, 1.807) is 6.08 Å². The highest BCUT2D eigenvalue weighted by atomic mass is 35.5. The van der Waals surface area contributed by atoms with E-state index in [1.165, 1.54) is 38.2 Å². The Hall–Kier alpha value is -1.48. The number of anilines is 1. The second-order valence-electron chi connectivity index (χ2n) is 5.97. The fourth-order valence-electron chi connectivity index (χ4n) is 3.79. The van der Waals surface area contributed by atoms with Gasteiger partial charge in [-0.1, -0.05) is 24.4 Å². The summed E-state index contributed by atoms with van der Waals surface area (Å²) in [4.78, 5) is 13.2. The van der Waals surface area contributed by atoms with Crippen LogP contribution < -0.4 is 4.90 Å². The van der Waals surface area contributed by atoms with Crippen LogP contribution in [0.15, 0.2) is 24.3 Å². The van der Waals surface area contributed by atoms with E-state index in [0.717, 1.165) is 23.7 Å². The molecule has 1 aromatic carbocycles. The van der Waals surface area contributed by atoms with Crippen LogP contribution in [0.3, 0.4) is 0 Å². The second kappa shape index (κ2) is 6.10. The van der Waals surface area contributed by atoms with Crippen LogP contribution in [-0.4, -0.2) is 23.7 Å². The van der Waals surface area contributed by atoms with Gasteiger partial charge in [-0.2, -0.15) is 0 Å². The monoisotopic (exact) mass is 305 g/mol. The van der Waals surface area contributed by atoms with Crippen molar-refractivity contribution in [2.45, 2.75) is 38.1 Å². The Morgan fingerprint density at radius 3 is 2.90 bits per heavy atom. The summed E-state index contributed by atoms with van der Waals surface area (Å²) in [5, 5.41) is 9.50. The number of halogens is 1. The molecule has 1 aliphatic heterocycles. The molecule has 0 spiro atoms. The highest BCUT2D eigenvalue weighted by Gasteiger charge is 2.36. The first-order chi connectivity index (χ1) is 10.1. The van der Waals surface area contributed by atoms with Crippen molar-refractivity contribution in [3.8, 4) is 0 Å². The Morgan fingerprint density at radius 1 is 1.29 bits per heavy atom. The number of hydrogen-bond acceptors (Lipinski definition) is 2.